The highest BCUT2D eigenvalue weighted by molar-refractivity contribution is 7.14. The lowest BCUT2D eigenvalue weighted by molar-refractivity contribution is -0.141. The van der Waals surface area contributed by atoms with Gasteiger partial charge in [-0.25, -0.2) is 4.98 Å². The van der Waals surface area contributed by atoms with Crippen molar-refractivity contribution in [2.24, 2.45) is 5.92 Å². The van der Waals surface area contributed by atoms with Gasteiger partial charge in [-0.1, -0.05) is 11.6 Å². The molecule has 0 aliphatic carbocycles. The Morgan fingerprint density at radius 3 is 3.06 bits per heavy atom. The molecular formula is C10H13ClN2O3S. The quantitative estimate of drug-likeness (QED) is 0.907. The highest BCUT2D eigenvalue weighted by Gasteiger charge is 2.38. The third kappa shape index (κ3) is 2.53. The van der Waals surface area contributed by atoms with E-state index in [0.717, 1.165) is 5.13 Å². The minimum atomic E-state index is -0.825. The van der Waals surface area contributed by atoms with Gasteiger partial charge in [0.15, 0.2) is 5.13 Å². The van der Waals surface area contributed by atoms with Crippen LogP contribution in [0.25, 0.3) is 0 Å². The van der Waals surface area contributed by atoms with Crippen molar-refractivity contribution in [3.8, 4) is 0 Å². The summed E-state index contributed by atoms with van der Waals surface area (Å²) in [6.45, 7) is 3.33. The number of aromatic nitrogens is 1. The fourth-order valence-electron chi connectivity index (χ4n) is 1.97. The van der Waals surface area contributed by atoms with Gasteiger partial charge in [-0.3, -0.25) is 4.79 Å². The van der Waals surface area contributed by atoms with Gasteiger partial charge in [0.25, 0.3) is 0 Å². The molecule has 1 aromatic heterocycles. The van der Waals surface area contributed by atoms with E-state index in [2.05, 4.69) is 4.98 Å². The number of hydrogen-bond donors (Lipinski definition) is 1. The summed E-state index contributed by atoms with van der Waals surface area (Å²) in [6.07, 6.45) is 0. The van der Waals surface area contributed by atoms with Gasteiger partial charge in [0.1, 0.15) is 11.1 Å². The van der Waals surface area contributed by atoms with Crippen LogP contribution in [0.4, 0.5) is 5.13 Å². The third-order valence-electron chi connectivity index (χ3n) is 2.82. The first kappa shape index (κ1) is 12.6. The minimum absolute atomic E-state index is 0.167. The number of carbonyl (C=O) groups is 1. The Morgan fingerprint density at radius 1 is 1.76 bits per heavy atom. The molecule has 0 radical (unpaired) electrons. The number of anilines is 1. The van der Waals surface area contributed by atoms with Crippen LogP contribution in [0.5, 0.6) is 0 Å². The molecule has 2 unspecified atom stereocenters. The topological polar surface area (TPSA) is 62.7 Å². The minimum Gasteiger partial charge on any atom is -0.481 e. The Hall–Kier alpha value is -0.850. The number of aliphatic carboxylic acids is 1. The standard InChI is InChI=1S/C10H13ClN2O3S/c1-2-13(10-12-8(11)5-17-10)7-4-16-3-6(7)9(14)15/h5-7H,2-4H2,1H3,(H,14,15). The number of halogens is 1. The van der Waals surface area contributed by atoms with E-state index in [1.165, 1.54) is 11.3 Å². The number of likely N-dealkylation sites (N-methyl/N-ethyl adjacent to an activating group) is 1. The van der Waals surface area contributed by atoms with Gasteiger partial charge in [-0.15, -0.1) is 11.3 Å². The molecule has 17 heavy (non-hydrogen) atoms. The van der Waals surface area contributed by atoms with Gasteiger partial charge in [0.05, 0.1) is 19.3 Å². The predicted octanol–water partition coefficient (Wildman–Crippen LogP) is 1.72. The highest BCUT2D eigenvalue weighted by atomic mass is 35.5. The molecule has 1 aliphatic heterocycles. The van der Waals surface area contributed by atoms with Crippen LogP contribution in [0.2, 0.25) is 5.15 Å². The van der Waals surface area contributed by atoms with Crippen LogP contribution in [0.1, 0.15) is 6.92 Å². The van der Waals surface area contributed by atoms with Crippen LogP contribution >= 0.6 is 22.9 Å². The van der Waals surface area contributed by atoms with Crippen LogP contribution in [-0.4, -0.2) is 41.9 Å². The van der Waals surface area contributed by atoms with Crippen molar-refractivity contribution >= 4 is 34.0 Å². The van der Waals surface area contributed by atoms with Crippen LogP contribution in [0, 0.1) is 5.92 Å². The van der Waals surface area contributed by atoms with Crippen LogP contribution in [0.15, 0.2) is 5.38 Å². The third-order valence-corrected chi connectivity index (χ3v) is 4.02. The molecule has 0 saturated carbocycles. The number of carboxylic acid groups (broad SMARTS) is 1. The normalized spacial score (nSPS) is 23.9. The SMILES string of the molecule is CCN(c1nc(Cl)cs1)C1COCC1C(=O)O. The summed E-state index contributed by atoms with van der Waals surface area (Å²) in [5, 5.41) is 12.1. The van der Waals surface area contributed by atoms with Crippen molar-refractivity contribution in [1.29, 1.82) is 0 Å². The summed E-state index contributed by atoms with van der Waals surface area (Å²) in [7, 11) is 0. The molecule has 0 aromatic carbocycles. The summed E-state index contributed by atoms with van der Waals surface area (Å²) in [5.74, 6) is -1.33. The zero-order valence-electron chi connectivity index (χ0n) is 9.30. The van der Waals surface area contributed by atoms with Gasteiger partial charge in [-0.05, 0) is 6.92 Å². The molecular weight excluding hydrogens is 264 g/mol. The van der Waals surface area contributed by atoms with Crippen molar-refractivity contribution in [2.75, 3.05) is 24.7 Å². The fraction of sp³-hybridized carbons (Fsp3) is 0.600. The van der Waals surface area contributed by atoms with Gasteiger partial charge in [0, 0.05) is 11.9 Å². The lowest BCUT2D eigenvalue weighted by Gasteiger charge is -2.28. The van der Waals surface area contributed by atoms with E-state index in [9.17, 15) is 4.79 Å². The van der Waals surface area contributed by atoms with E-state index in [0.29, 0.717) is 18.3 Å². The molecule has 0 amide bonds. The van der Waals surface area contributed by atoms with Gasteiger partial charge in [0.2, 0.25) is 0 Å². The second kappa shape index (κ2) is 5.20. The molecule has 1 fully saturated rings. The van der Waals surface area contributed by atoms with Crippen LogP contribution in [0.3, 0.4) is 0 Å². The van der Waals surface area contributed by atoms with E-state index in [1.54, 1.807) is 5.38 Å². The predicted molar refractivity (Wildman–Crippen MR) is 65.9 cm³/mol. The molecule has 2 rings (SSSR count). The summed E-state index contributed by atoms with van der Waals surface area (Å²) in [4.78, 5) is 17.2. The van der Waals surface area contributed by atoms with E-state index in [1.807, 2.05) is 11.8 Å². The first-order chi connectivity index (χ1) is 8.13. The number of hydrogen-bond acceptors (Lipinski definition) is 5. The first-order valence-corrected chi connectivity index (χ1v) is 6.57. The molecule has 2 atom stereocenters. The maximum absolute atomic E-state index is 11.1. The van der Waals surface area contributed by atoms with E-state index in [-0.39, 0.29) is 12.6 Å². The molecule has 7 heteroatoms. The van der Waals surface area contributed by atoms with Gasteiger partial charge < -0.3 is 14.7 Å². The maximum atomic E-state index is 11.1. The van der Waals surface area contributed by atoms with Gasteiger partial charge >= 0.3 is 5.97 Å². The second-order valence-electron chi connectivity index (χ2n) is 3.79. The Labute approximate surface area is 108 Å². The number of thiazole rings is 1. The summed E-state index contributed by atoms with van der Waals surface area (Å²) in [6, 6.07) is -0.167. The summed E-state index contributed by atoms with van der Waals surface area (Å²) >= 11 is 7.21. The Balaban J connectivity index is 2.20. The van der Waals surface area contributed by atoms with E-state index >= 15 is 0 Å². The molecule has 5 nitrogen and oxygen atoms in total. The summed E-state index contributed by atoms with van der Waals surface area (Å²) in [5.41, 5.74) is 0. The molecule has 2 heterocycles. The molecule has 0 spiro atoms. The monoisotopic (exact) mass is 276 g/mol. The van der Waals surface area contributed by atoms with Crippen molar-refractivity contribution < 1.29 is 14.6 Å². The van der Waals surface area contributed by atoms with Crippen molar-refractivity contribution in [3.05, 3.63) is 10.5 Å². The number of ether oxygens (including phenoxy) is 1. The number of nitrogens with zero attached hydrogens (tertiary/aromatic N) is 2. The largest absolute Gasteiger partial charge is 0.481 e. The Kier molecular flexibility index (Phi) is 3.86. The van der Waals surface area contributed by atoms with Gasteiger partial charge in [-0.2, -0.15) is 0 Å². The van der Waals surface area contributed by atoms with Crippen LogP contribution in [-0.2, 0) is 9.53 Å². The number of rotatable bonds is 4. The average molecular weight is 277 g/mol. The molecule has 1 aromatic rings. The second-order valence-corrected chi connectivity index (χ2v) is 5.01. The zero-order valence-corrected chi connectivity index (χ0v) is 10.9. The number of carboxylic acids is 1. The molecule has 1 N–H and O–H groups in total. The lowest BCUT2D eigenvalue weighted by atomic mass is 10.0. The Morgan fingerprint density at radius 2 is 2.53 bits per heavy atom. The molecule has 1 aliphatic rings. The van der Waals surface area contributed by atoms with Crippen molar-refractivity contribution in [2.45, 2.75) is 13.0 Å². The van der Waals surface area contributed by atoms with E-state index < -0.39 is 11.9 Å². The van der Waals surface area contributed by atoms with Crippen molar-refractivity contribution in [1.82, 2.24) is 4.98 Å². The highest BCUT2D eigenvalue weighted by Crippen LogP contribution is 2.29. The smallest absolute Gasteiger partial charge is 0.311 e. The maximum Gasteiger partial charge on any atom is 0.311 e. The van der Waals surface area contributed by atoms with Crippen LogP contribution < -0.4 is 4.90 Å². The average Bonchev–Trinajstić information content (AvgIpc) is 2.89. The van der Waals surface area contributed by atoms with E-state index in [4.69, 9.17) is 21.4 Å². The fourth-order valence-corrected chi connectivity index (χ4v) is 3.05. The molecule has 94 valence electrons. The molecule has 1 saturated heterocycles. The zero-order chi connectivity index (χ0) is 12.4. The summed E-state index contributed by atoms with van der Waals surface area (Å²) < 4.78 is 5.26. The lowest BCUT2D eigenvalue weighted by Crippen LogP contribution is -2.43. The first-order valence-electron chi connectivity index (χ1n) is 5.31. The molecule has 0 bridgehead atoms. The van der Waals surface area contributed by atoms with Crippen molar-refractivity contribution in [3.63, 3.8) is 0 Å². The Bertz CT molecular complexity index is 412.